The lowest BCUT2D eigenvalue weighted by atomic mass is 9.89. The lowest BCUT2D eigenvalue weighted by Crippen LogP contribution is -2.41. The van der Waals surface area contributed by atoms with E-state index in [1.54, 1.807) is 0 Å². The molecule has 5 nitrogen and oxygen atoms in total. The Bertz CT molecular complexity index is 326. The van der Waals surface area contributed by atoms with Crippen LogP contribution >= 0.6 is 0 Å². The molecule has 3 saturated heterocycles. The van der Waals surface area contributed by atoms with Crippen molar-refractivity contribution < 1.29 is 30.8 Å². The second-order valence-corrected chi connectivity index (χ2v) is 5.72. The van der Waals surface area contributed by atoms with Gasteiger partial charge in [-0.2, -0.15) is 21.6 Å². The molecule has 3 aliphatic rings. The molecule has 9 heteroatoms. The summed E-state index contributed by atoms with van der Waals surface area (Å²) in [7, 11) is -4.91. The van der Waals surface area contributed by atoms with E-state index in [1.165, 1.54) is 38.9 Å². The third kappa shape index (κ3) is 4.38. The molecule has 18 heavy (non-hydrogen) atoms. The third-order valence-corrected chi connectivity index (χ3v) is 3.88. The van der Waals surface area contributed by atoms with E-state index in [4.69, 9.17) is 0 Å². The van der Waals surface area contributed by atoms with Gasteiger partial charge in [0.25, 0.3) is 0 Å². The number of alkyl halides is 3. The van der Waals surface area contributed by atoms with Gasteiger partial charge in [0, 0.05) is 0 Å². The highest BCUT2D eigenvalue weighted by atomic mass is 32.2. The maximum absolute atomic E-state index is 11.2. The van der Waals surface area contributed by atoms with Crippen LogP contribution in [0, 0.1) is 5.92 Å². The van der Waals surface area contributed by atoms with Crippen molar-refractivity contribution in [2.45, 2.75) is 24.8 Å². The summed E-state index contributed by atoms with van der Waals surface area (Å²) in [6, 6.07) is 0. The van der Waals surface area contributed by atoms with E-state index in [9.17, 15) is 21.6 Å². The molecule has 0 aromatic heterocycles. The van der Waals surface area contributed by atoms with E-state index < -0.39 is 15.6 Å². The number of nitrogens with zero attached hydrogens (tertiary/aromatic N) is 1. The highest BCUT2D eigenvalue weighted by Gasteiger charge is 2.48. The summed E-state index contributed by atoms with van der Waals surface area (Å²) in [6.07, 6.45) is 4.46. The van der Waals surface area contributed by atoms with Gasteiger partial charge < -0.3 is 4.90 Å². The van der Waals surface area contributed by atoms with Crippen LogP contribution in [0.1, 0.15) is 19.3 Å². The zero-order valence-electron chi connectivity index (χ0n) is 9.94. The van der Waals surface area contributed by atoms with Gasteiger partial charge in [0.2, 0.25) is 0 Å². The largest absolute Gasteiger partial charge is 0.525 e. The summed E-state index contributed by atoms with van der Waals surface area (Å²) in [5, 5.41) is 0. The summed E-state index contributed by atoms with van der Waals surface area (Å²) in [4.78, 5) is 5.91. The van der Waals surface area contributed by atoms with Crippen molar-refractivity contribution >= 4 is 10.1 Å². The normalized spacial score (nSPS) is 27.6. The summed E-state index contributed by atoms with van der Waals surface area (Å²) in [5.41, 5.74) is -5.43. The molecule has 3 rings (SSSR count). The first-order valence-electron chi connectivity index (χ1n) is 5.52. The van der Waals surface area contributed by atoms with Gasteiger partial charge in [0.15, 0.2) is 0 Å². The number of hydrogen-bond donors (Lipinski definition) is 0. The smallest absolute Gasteiger partial charge is 0.303 e. The standard InChI is InChI=1S/C7H13N.C2H3F3O4S/c1-4-8-5-2-7(1)3-6-8;1-8-9-10(6,7)2(3,4)5/h7H,1-6H2;1H3. The minimum absolute atomic E-state index is 0.656. The van der Waals surface area contributed by atoms with Crippen LogP contribution in [-0.4, -0.2) is 45.6 Å². The quantitative estimate of drug-likeness (QED) is 0.438. The topological polar surface area (TPSA) is 55.8 Å². The molecule has 0 N–H and O–H groups in total. The van der Waals surface area contributed by atoms with Crippen LogP contribution in [-0.2, 0) is 19.3 Å². The number of fused-ring (bicyclic) bond motifs is 3. The van der Waals surface area contributed by atoms with Crippen LogP contribution in [0.2, 0.25) is 0 Å². The van der Waals surface area contributed by atoms with E-state index in [-0.39, 0.29) is 0 Å². The number of rotatable bonds is 2. The van der Waals surface area contributed by atoms with Gasteiger partial charge in [-0.15, -0.1) is 4.33 Å². The molecule has 0 radical (unpaired) electrons. The van der Waals surface area contributed by atoms with Gasteiger partial charge >= 0.3 is 15.6 Å². The van der Waals surface area contributed by atoms with Gasteiger partial charge in [0.1, 0.15) is 0 Å². The highest BCUT2D eigenvalue weighted by molar-refractivity contribution is 7.87. The van der Waals surface area contributed by atoms with Gasteiger partial charge in [-0.05, 0) is 44.8 Å². The molecule has 0 amide bonds. The van der Waals surface area contributed by atoms with Gasteiger partial charge in [-0.3, -0.25) is 0 Å². The van der Waals surface area contributed by atoms with E-state index in [2.05, 4.69) is 14.1 Å². The molecule has 3 heterocycles. The Labute approximate surface area is 104 Å². The van der Waals surface area contributed by atoms with Crippen molar-refractivity contribution in [1.29, 1.82) is 0 Å². The number of halogens is 3. The molecule has 0 saturated carbocycles. The minimum atomic E-state index is -5.57. The second-order valence-electron chi connectivity index (χ2n) is 4.21. The summed E-state index contributed by atoms with van der Waals surface area (Å²) in [6.45, 7) is 4.18. The zero-order valence-corrected chi connectivity index (χ0v) is 10.8. The van der Waals surface area contributed by atoms with E-state index in [1.807, 2.05) is 0 Å². The first-order chi connectivity index (χ1) is 8.26. The number of hydrogen-bond acceptors (Lipinski definition) is 5. The van der Waals surface area contributed by atoms with Crippen LogP contribution in [0.15, 0.2) is 0 Å². The summed E-state index contributed by atoms with van der Waals surface area (Å²) < 4.78 is 56.2. The Hall–Kier alpha value is -0.380. The lowest BCUT2D eigenvalue weighted by Gasteiger charge is -2.38. The second kappa shape index (κ2) is 6.18. The maximum atomic E-state index is 11.2. The Balaban J connectivity index is 0.000000182. The molecule has 2 bridgehead atoms. The fourth-order valence-electron chi connectivity index (χ4n) is 1.99. The molecule has 3 aliphatic heterocycles. The maximum Gasteiger partial charge on any atom is 0.525 e. The molecule has 0 spiro atoms. The van der Waals surface area contributed by atoms with Crippen molar-refractivity contribution in [3.8, 4) is 0 Å². The fraction of sp³-hybridized carbons (Fsp3) is 1.00. The summed E-state index contributed by atoms with van der Waals surface area (Å²) >= 11 is 0. The van der Waals surface area contributed by atoms with Crippen LogP contribution in [0.5, 0.6) is 0 Å². The van der Waals surface area contributed by atoms with Gasteiger partial charge in [0.05, 0.1) is 7.11 Å². The van der Waals surface area contributed by atoms with Crippen molar-refractivity contribution in [3.05, 3.63) is 0 Å². The van der Waals surface area contributed by atoms with Crippen molar-refractivity contribution in [3.63, 3.8) is 0 Å². The molecule has 0 aromatic carbocycles. The van der Waals surface area contributed by atoms with Crippen molar-refractivity contribution in [2.24, 2.45) is 5.92 Å². The Morgan fingerprint density at radius 1 is 1.11 bits per heavy atom. The van der Waals surface area contributed by atoms with Crippen molar-refractivity contribution in [1.82, 2.24) is 4.90 Å². The van der Waals surface area contributed by atoms with Gasteiger partial charge in [-0.25, -0.2) is 4.89 Å². The van der Waals surface area contributed by atoms with Crippen molar-refractivity contribution in [2.75, 3.05) is 26.7 Å². The first-order valence-corrected chi connectivity index (χ1v) is 6.93. The van der Waals surface area contributed by atoms with Crippen LogP contribution in [0.3, 0.4) is 0 Å². The predicted molar refractivity (Wildman–Crippen MR) is 56.8 cm³/mol. The monoisotopic (exact) mass is 291 g/mol. The molecular formula is C9H16F3NO4S. The Morgan fingerprint density at radius 2 is 1.56 bits per heavy atom. The first kappa shape index (κ1) is 15.7. The highest BCUT2D eigenvalue weighted by Crippen LogP contribution is 2.26. The Kier molecular flexibility index (Phi) is 5.38. The molecule has 0 aromatic rings. The SMILES string of the molecule is C1CN2CCC1CC2.COOS(=O)(=O)C(F)(F)F. The molecule has 0 unspecified atom stereocenters. The average molecular weight is 291 g/mol. The van der Waals surface area contributed by atoms with Crippen LogP contribution in [0.4, 0.5) is 13.2 Å². The summed E-state index contributed by atoms with van der Waals surface area (Å²) in [5.74, 6) is 1.11. The molecule has 0 atom stereocenters. The fourth-order valence-corrected chi connectivity index (χ4v) is 2.25. The van der Waals surface area contributed by atoms with E-state index in [0.29, 0.717) is 7.11 Å². The van der Waals surface area contributed by atoms with Crippen LogP contribution in [0.25, 0.3) is 0 Å². The number of piperidine rings is 3. The average Bonchev–Trinajstić information content (AvgIpc) is 2.31. The molecule has 108 valence electrons. The lowest BCUT2D eigenvalue weighted by molar-refractivity contribution is -0.189. The Morgan fingerprint density at radius 3 is 1.67 bits per heavy atom. The molecule has 3 fully saturated rings. The zero-order chi connectivity index (χ0) is 13.8. The van der Waals surface area contributed by atoms with E-state index in [0.717, 1.165) is 5.92 Å². The molecular weight excluding hydrogens is 275 g/mol. The molecule has 0 aliphatic carbocycles. The third-order valence-electron chi connectivity index (χ3n) is 3.00. The van der Waals surface area contributed by atoms with E-state index >= 15 is 0 Å². The van der Waals surface area contributed by atoms with Crippen LogP contribution < -0.4 is 0 Å². The van der Waals surface area contributed by atoms with Gasteiger partial charge in [-0.1, -0.05) is 0 Å². The minimum Gasteiger partial charge on any atom is -0.303 e. The predicted octanol–water partition coefficient (Wildman–Crippen LogP) is 1.52.